The minimum atomic E-state index is -4.03. The summed E-state index contributed by atoms with van der Waals surface area (Å²) in [6, 6.07) is 0. The van der Waals surface area contributed by atoms with Gasteiger partial charge in [0.25, 0.3) is 0 Å². The van der Waals surface area contributed by atoms with Crippen LogP contribution in [0.4, 0.5) is 0 Å². The summed E-state index contributed by atoms with van der Waals surface area (Å²) in [6.45, 7) is 0. The van der Waals surface area contributed by atoms with Gasteiger partial charge in [-0.15, -0.1) is 3.77 Å². The van der Waals surface area contributed by atoms with Crippen LogP contribution in [0.2, 0.25) is 0 Å². The lowest BCUT2D eigenvalue weighted by Gasteiger charge is -1.78. The first-order valence-corrected chi connectivity index (χ1v) is 4.14. The Balaban J connectivity index is 3.84. The first-order valence-electron chi connectivity index (χ1n) is 1.05. The molecule has 42 valence electrons. The maximum atomic E-state index is 9.59. The molecular formula is HNO3S3. The molecule has 0 saturated heterocycles. The van der Waals surface area contributed by atoms with Crippen LogP contribution >= 0.6 is 11.0 Å². The highest BCUT2D eigenvalue weighted by Crippen LogP contribution is 2.07. The summed E-state index contributed by atoms with van der Waals surface area (Å²) in [7, 11) is -4.07. The Hall–Kier alpha value is 0.280. The third-order valence-corrected chi connectivity index (χ3v) is 1.67. The molecule has 0 unspecified atom stereocenters. The molecule has 0 aromatic heterocycles. The molecule has 0 rings (SSSR count). The molecule has 0 bridgehead atoms. The lowest BCUT2D eigenvalue weighted by atomic mass is 13.9. The minimum Gasteiger partial charge on any atom is -0.276 e. The van der Waals surface area contributed by atoms with Gasteiger partial charge in [0.05, 0.1) is 12.4 Å². The summed E-state index contributed by atoms with van der Waals surface area (Å²) < 4.78 is 29.6. The van der Waals surface area contributed by atoms with Crippen molar-refractivity contribution >= 4 is 32.6 Å². The Morgan fingerprint density at radius 2 is 2.14 bits per heavy atom. The van der Waals surface area contributed by atoms with Crippen molar-refractivity contribution in [1.82, 2.24) is 0 Å². The van der Waals surface area contributed by atoms with Crippen LogP contribution in [0, 0.1) is 0 Å². The van der Waals surface area contributed by atoms with Crippen molar-refractivity contribution in [3.63, 3.8) is 0 Å². The fourth-order valence-electron chi connectivity index (χ4n) is 0.0385. The summed E-state index contributed by atoms with van der Waals surface area (Å²) in [5.74, 6) is 0. The zero-order valence-corrected chi connectivity index (χ0v) is 5.39. The molecule has 0 aliphatic heterocycles. The molecule has 0 aliphatic rings. The molecule has 4 nitrogen and oxygen atoms in total. The maximum absolute atomic E-state index is 9.59. The first kappa shape index (κ1) is 7.28. The molecule has 0 amide bonds. The fourth-order valence-corrected chi connectivity index (χ4v) is 1.04. The number of hydrogen-bond acceptors (Lipinski definition) is 5. The van der Waals surface area contributed by atoms with Gasteiger partial charge in [-0.05, 0) is 0 Å². The van der Waals surface area contributed by atoms with Crippen molar-refractivity contribution in [3.05, 3.63) is 0 Å². The predicted octanol–water partition coefficient (Wildman–Crippen LogP) is 0.168. The van der Waals surface area contributed by atoms with Gasteiger partial charge in [-0.3, -0.25) is 4.55 Å². The van der Waals surface area contributed by atoms with E-state index in [1.807, 2.05) is 0 Å². The van der Waals surface area contributed by atoms with E-state index >= 15 is 0 Å². The quantitative estimate of drug-likeness (QED) is 0.353. The second-order valence-electron chi connectivity index (χ2n) is 0.577. The molecule has 0 saturated carbocycles. The van der Waals surface area contributed by atoms with Crippen LogP contribution < -0.4 is 0 Å². The van der Waals surface area contributed by atoms with Gasteiger partial charge in [0.2, 0.25) is 0 Å². The maximum Gasteiger partial charge on any atom is 0.342 e. The lowest BCUT2D eigenvalue weighted by Crippen LogP contribution is -1.84. The monoisotopic (exact) mass is 159 g/mol. The zero-order valence-electron chi connectivity index (χ0n) is 2.94. The Labute approximate surface area is 49.8 Å². The van der Waals surface area contributed by atoms with E-state index in [0.29, 0.717) is 0 Å². The average molecular weight is 159 g/mol. The van der Waals surface area contributed by atoms with E-state index in [2.05, 4.69) is 16.2 Å². The molecule has 0 aliphatic carbocycles. The van der Waals surface area contributed by atoms with Gasteiger partial charge in [0.15, 0.2) is 0 Å². The van der Waals surface area contributed by atoms with Crippen LogP contribution in [-0.4, -0.2) is 13.0 Å². The number of hydrogen-bond donors (Lipinski definition) is 1. The molecule has 7 heteroatoms. The van der Waals surface area contributed by atoms with Crippen molar-refractivity contribution in [1.29, 1.82) is 0 Å². The molecule has 0 atom stereocenters. The van der Waals surface area contributed by atoms with Gasteiger partial charge in [0, 0.05) is 0 Å². The van der Waals surface area contributed by atoms with Crippen LogP contribution in [0.25, 0.3) is 0 Å². The highest BCUT2D eigenvalue weighted by molar-refractivity contribution is 8.69. The third kappa shape index (κ3) is 6.28. The van der Waals surface area contributed by atoms with Crippen LogP contribution in [0.3, 0.4) is 0 Å². The van der Waals surface area contributed by atoms with Crippen molar-refractivity contribution in [2.75, 3.05) is 0 Å². The molecule has 0 aromatic rings. The topological polar surface area (TPSA) is 66.7 Å². The molecule has 0 radical (unpaired) electrons. The molecule has 0 aromatic carbocycles. The van der Waals surface area contributed by atoms with Gasteiger partial charge in [-0.25, -0.2) is 0 Å². The van der Waals surface area contributed by atoms with Crippen molar-refractivity contribution in [2.45, 2.75) is 0 Å². The normalized spacial score (nSPS) is 11.0. The van der Waals surface area contributed by atoms with E-state index < -0.39 is 9.15 Å². The minimum absolute atomic E-state index is 0.0440. The van der Waals surface area contributed by atoms with Gasteiger partial charge in [0.1, 0.15) is 11.0 Å². The van der Waals surface area contributed by atoms with E-state index in [9.17, 15) is 8.42 Å². The molecule has 0 fully saturated rings. The Bertz CT molecular complexity index is 144. The summed E-state index contributed by atoms with van der Waals surface area (Å²) in [6.07, 6.45) is 0. The molecule has 7 heavy (non-hydrogen) atoms. The second-order valence-corrected chi connectivity index (χ2v) is 3.89. The van der Waals surface area contributed by atoms with Crippen molar-refractivity contribution < 1.29 is 13.0 Å². The number of rotatable bonds is 2. The molecule has 1 N–H and O–H groups in total. The van der Waals surface area contributed by atoms with Crippen LogP contribution in [0.15, 0.2) is 3.77 Å². The Morgan fingerprint density at radius 3 is 2.14 bits per heavy atom. The standard InChI is InChI=1S/HNO3S3/c2-7(3,4)6-1-5/h(H,2,3,4). The van der Waals surface area contributed by atoms with Crippen molar-refractivity contribution in [2.24, 2.45) is 3.77 Å². The van der Waals surface area contributed by atoms with E-state index in [0.717, 1.165) is 0 Å². The van der Waals surface area contributed by atoms with Crippen LogP contribution in [-0.2, 0) is 21.6 Å². The molecule has 0 heterocycles. The van der Waals surface area contributed by atoms with Gasteiger partial charge < -0.3 is 0 Å². The smallest absolute Gasteiger partial charge is 0.276 e. The first-order chi connectivity index (χ1) is 3.06. The SMILES string of the molecule is O=S(=O)(O)SN=S. The highest BCUT2D eigenvalue weighted by atomic mass is 33.2. The largest absolute Gasteiger partial charge is 0.342 e. The van der Waals surface area contributed by atoms with Crippen LogP contribution in [0.5, 0.6) is 0 Å². The lowest BCUT2D eigenvalue weighted by molar-refractivity contribution is 0.503. The predicted molar refractivity (Wildman–Crippen MR) is 28.9 cm³/mol. The van der Waals surface area contributed by atoms with Gasteiger partial charge >= 0.3 is 9.15 Å². The molecular weight excluding hydrogens is 158 g/mol. The summed E-state index contributed by atoms with van der Waals surface area (Å²) in [5.41, 5.74) is 0. The van der Waals surface area contributed by atoms with E-state index in [-0.39, 0.29) is 11.0 Å². The van der Waals surface area contributed by atoms with E-state index in [1.165, 1.54) is 0 Å². The second kappa shape index (κ2) is 2.55. The summed E-state index contributed by atoms with van der Waals surface area (Å²) in [4.78, 5) is 0. The average Bonchev–Trinajstić information content (AvgIpc) is 1.30. The van der Waals surface area contributed by atoms with Gasteiger partial charge in [-0.2, -0.15) is 8.42 Å². The Morgan fingerprint density at radius 1 is 1.71 bits per heavy atom. The number of nitrogens with zero attached hydrogens (tertiary/aromatic N) is 1. The van der Waals surface area contributed by atoms with Gasteiger partial charge in [-0.1, -0.05) is 0 Å². The van der Waals surface area contributed by atoms with Crippen LogP contribution in [0.1, 0.15) is 0 Å². The van der Waals surface area contributed by atoms with E-state index in [4.69, 9.17) is 4.55 Å². The third-order valence-electron chi connectivity index (χ3n) is 0.125. The highest BCUT2D eigenvalue weighted by Gasteiger charge is 2.00. The molecule has 0 spiro atoms. The zero-order chi connectivity index (χ0) is 5.91. The van der Waals surface area contributed by atoms with Crippen molar-refractivity contribution in [3.8, 4) is 0 Å². The summed E-state index contributed by atoms with van der Waals surface area (Å²) in [5, 5.41) is 0. The Kier molecular flexibility index (Phi) is 2.66. The van der Waals surface area contributed by atoms with E-state index in [1.54, 1.807) is 0 Å². The fraction of sp³-hybridized carbons (Fsp3) is 0. The summed E-state index contributed by atoms with van der Waals surface area (Å²) >= 11 is 3.85.